The fourth-order valence-electron chi connectivity index (χ4n) is 0.887. The Labute approximate surface area is 67.1 Å². The molecule has 0 bridgehead atoms. The van der Waals surface area contributed by atoms with Crippen LogP contribution in [0.15, 0.2) is 24.3 Å². The van der Waals surface area contributed by atoms with Crippen LogP contribution >= 0.6 is 0 Å². The molecule has 0 atom stereocenters. The van der Waals surface area contributed by atoms with Gasteiger partial charge in [0.25, 0.3) is 0 Å². The second-order valence-corrected chi connectivity index (χ2v) is 18.0. The van der Waals surface area contributed by atoms with Crippen LogP contribution in [0.1, 0.15) is 0 Å². The molecule has 1 rings (SSSR count). The van der Waals surface area contributed by atoms with E-state index in [1.54, 1.807) is 3.58 Å². The van der Waals surface area contributed by atoms with Gasteiger partial charge in [0.05, 0.1) is 0 Å². The molecule has 53 valence electrons. The van der Waals surface area contributed by atoms with Crippen molar-refractivity contribution in [1.29, 1.82) is 0 Å². The normalized spacial score (nSPS) is 11.5. The minimum absolute atomic E-state index is 1.58. The van der Waals surface area contributed by atoms with E-state index in [1.807, 2.05) is 12.1 Å². The van der Waals surface area contributed by atoms with Crippen LogP contribution in [-0.2, 0) is 0 Å². The Balaban J connectivity index is 2.97. The van der Waals surface area contributed by atoms with Crippen molar-refractivity contribution >= 4 is 22.0 Å². The Kier molecular flexibility index (Phi) is 2.40. The van der Waals surface area contributed by atoms with Crippen molar-refractivity contribution in [2.45, 2.75) is 14.8 Å². The molecule has 0 nitrogen and oxygen atoms in total. The van der Waals surface area contributed by atoms with Gasteiger partial charge in [-0.25, -0.2) is 0 Å². The zero-order valence-corrected chi connectivity index (χ0v) is 9.66. The van der Waals surface area contributed by atoms with Gasteiger partial charge < -0.3 is 0 Å². The standard InChI is InChI=1S/C6H4.3CH3.Sn/c1-2-4-6-5-3-1;;;;/h1-2,5-6H;3*1H3;. The maximum absolute atomic E-state index is 3.04. The van der Waals surface area contributed by atoms with Gasteiger partial charge in [-0.1, -0.05) is 0 Å². The van der Waals surface area contributed by atoms with Crippen LogP contribution in [0.4, 0.5) is 0 Å². The van der Waals surface area contributed by atoms with Crippen molar-refractivity contribution in [1.82, 2.24) is 0 Å². The quantitative estimate of drug-likeness (QED) is 0.659. The van der Waals surface area contributed by atoms with Gasteiger partial charge >= 0.3 is 67.1 Å². The molecule has 0 aliphatic heterocycles. The summed E-state index contributed by atoms with van der Waals surface area (Å²) in [6, 6.07) is 11.5. The van der Waals surface area contributed by atoms with E-state index in [0.717, 1.165) is 0 Å². The molecule has 1 aromatic carbocycles. The van der Waals surface area contributed by atoms with Gasteiger partial charge in [0.1, 0.15) is 0 Å². The Morgan fingerprint density at radius 2 is 1.60 bits per heavy atom. The summed E-state index contributed by atoms with van der Waals surface area (Å²) in [4.78, 5) is 7.26. The summed E-state index contributed by atoms with van der Waals surface area (Å²) in [6.45, 7) is 0. The number of hydrogen-bond acceptors (Lipinski definition) is 0. The van der Waals surface area contributed by atoms with E-state index in [9.17, 15) is 0 Å². The fourth-order valence-corrected chi connectivity index (χ4v) is 4.22. The first-order chi connectivity index (χ1) is 4.61. The third kappa shape index (κ3) is 2.01. The number of benzene rings is 1. The SMILES string of the molecule is [CH3][Sn]([CH3])([CH3])[c]1cc[c]cc1. The Morgan fingerprint density at radius 1 is 1.10 bits per heavy atom. The van der Waals surface area contributed by atoms with Crippen LogP contribution in [0.3, 0.4) is 0 Å². The second-order valence-electron chi connectivity index (χ2n) is 3.54. The van der Waals surface area contributed by atoms with Crippen LogP contribution in [0.5, 0.6) is 0 Å². The van der Waals surface area contributed by atoms with Gasteiger partial charge in [0.15, 0.2) is 0 Å². The van der Waals surface area contributed by atoms with Crippen molar-refractivity contribution < 1.29 is 0 Å². The summed E-state index contributed by atoms with van der Waals surface area (Å²) >= 11 is -1.73. The fraction of sp³-hybridized carbons (Fsp3) is 0.333. The monoisotopic (exact) mass is 241 g/mol. The zero-order chi connectivity index (χ0) is 7.61. The average molecular weight is 240 g/mol. The van der Waals surface area contributed by atoms with Crippen molar-refractivity contribution in [2.24, 2.45) is 0 Å². The topological polar surface area (TPSA) is 0 Å². The van der Waals surface area contributed by atoms with Crippen molar-refractivity contribution in [3.05, 3.63) is 30.3 Å². The third-order valence-electron chi connectivity index (χ3n) is 1.58. The molecule has 10 heavy (non-hydrogen) atoms. The molecule has 0 heterocycles. The zero-order valence-electron chi connectivity index (χ0n) is 6.81. The molecule has 0 amide bonds. The van der Waals surface area contributed by atoms with E-state index in [2.05, 4.69) is 33.0 Å². The molecular weight excluding hydrogens is 227 g/mol. The summed E-state index contributed by atoms with van der Waals surface area (Å²) < 4.78 is 1.58. The van der Waals surface area contributed by atoms with Crippen LogP contribution in [0.2, 0.25) is 14.8 Å². The van der Waals surface area contributed by atoms with Crippen molar-refractivity contribution in [3.63, 3.8) is 0 Å². The van der Waals surface area contributed by atoms with Gasteiger partial charge in [-0.3, -0.25) is 0 Å². The number of hydrogen-bond donors (Lipinski definition) is 0. The first kappa shape index (κ1) is 8.12. The first-order valence-electron chi connectivity index (χ1n) is 3.57. The second kappa shape index (κ2) is 2.95. The molecule has 0 saturated heterocycles. The van der Waals surface area contributed by atoms with Gasteiger partial charge in [0.2, 0.25) is 0 Å². The van der Waals surface area contributed by atoms with Gasteiger partial charge in [-0.15, -0.1) is 0 Å². The van der Waals surface area contributed by atoms with E-state index in [-0.39, 0.29) is 0 Å². The van der Waals surface area contributed by atoms with Crippen LogP contribution in [0, 0.1) is 6.07 Å². The third-order valence-corrected chi connectivity index (χ3v) is 7.48. The average Bonchev–Trinajstić information content (AvgIpc) is 1.88. The van der Waals surface area contributed by atoms with E-state index in [1.165, 1.54) is 0 Å². The minimum atomic E-state index is -1.73. The molecule has 0 fully saturated rings. The first-order valence-corrected chi connectivity index (χ1v) is 13.6. The Bertz CT molecular complexity index is 196. The predicted molar refractivity (Wildman–Crippen MR) is 48.3 cm³/mol. The predicted octanol–water partition coefficient (Wildman–Crippen LogP) is 2.03. The molecule has 0 spiro atoms. The van der Waals surface area contributed by atoms with E-state index in [4.69, 9.17) is 0 Å². The van der Waals surface area contributed by atoms with E-state index >= 15 is 0 Å². The van der Waals surface area contributed by atoms with E-state index in [0.29, 0.717) is 0 Å². The van der Waals surface area contributed by atoms with Crippen LogP contribution < -0.4 is 3.58 Å². The molecule has 1 heteroatoms. The molecule has 1 radical (unpaired) electrons. The molecule has 0 aliphatic rings. The molecule has 0 N–H and O–H groups in total. The summed E-state index contributed by atoms with van der Waals surface area (Å²) in [7, 11) is 0. The molecular formula is C9H13Sn. The Hall–Kier alpha value is 0.0187. The van der Waals surface area contributed by atoms with Gasteiger partial charge in [-0.05, 0) is 0 Å². The molecule has 0 saturated carbocycles. The summed E-state index contributed by atoms with van der Waals surface area (Å²) in [6.07, 6.45) is 0. The molecule has 1 aromatic rings. The summed E-state index contributed by atoms with van der Waals surface area (Å²) in [5.41, 5.74) is 0. The van der Waals surface area contributed by atoms with Gasteiger partial charge in [-0.2, -0.15) is 0 Å². The van der Waals surface area contributed by atoms with Crippen LogP contribution in [-0.4, -0.2) is 18.4 Å². The van der Waals surface area contributed by atoms with E-state index < -0.39 is 18.4 Å². The summed E-state index contributed by atoms with van der Waals surface area (Å²) in [5.74, 6) is 0. The number of rotatable bonds is 1. The molecule has 0 aliphatic carbocycles. The Morgan fingerprint density at radius 3 is 1.90 bits per heavy atom. The van der Waals surface area contributed by atoms with Gasteiger partial charge in [0, 0.05) is 0 Å². The summed E-state index contributed by atoms with van der Waals surface area (Å²) in [5, 5.41) is 0. The van der Waals surface area contributed by atoms with Crippen molar-refractivity contribution in [3.8, 4) is 0 Å². The van der Waals surface area contributed by atoms with Crippen LogP contribution in [0.25, 0.3) is 0 Å². The molecule has 0 unspecified atom stereocenters. The molecule has 0 aromatic heterocycles. The maximum atomic E-state index is 3.04. The van der Waals surface area contributed by atoms with Crippen molar-refractivity contribution in [2.75, 3.05) is 0 Å².